The maximum absolute atomic E-state index is 3.64. The van der Waals surface area contributed by atoms with Crippen LogP contribution in [0.1, 0.15) is 44.4 Å². The molecule has 0 radical (unpaired) electrons. The van der Waals surface area contributed by atoms with E-state index in [2.05, 4.69) is 57.0 Å². The number of piperazine rings is 1. The van der Waals surface area contributed by atoms with Crippen LogP contribution in [0.3, 0.4) is 0 Å². The molecular weight excluding hydrogens is 240 g/mol. The molecule has 3 heteroatoms. The topological polar surface area (TPSA) is 15.3 Å². The summed E-state index contributed by atoms with van der Waals surface area (Å²) in [7, 11) is 0. The molecule has 1 aliphatic heterocycles. The second-order valence-corrected chi connectivity index (χ2v) is 7.88. The first kappa shape index (κ1) is 14.0. The first-order chi connectivity index (χ1) is 8.32. The Kier molecular flexibility index (Phi) is 3.86. The first-order valence-corrected chi connectivity index (χ1v) is 7.72. The van der Waals surface area contributed by atoms with E-state index in [0.717, 1.165) is 26.1 Å². The number of nitrogens with zero attached hydrogens (tertiary/aromatic N) is 1. The van der Waals surface area contributed by atoms with Gasteiger partial charge in [0.15, 0.2) is 0 Å². The van der Waals surface area contributed by atoms with Crippen molar-refractivity contribution in [1.82, 2.24) is 10.2 Å². The van der Waals surface area contributed by atoms with Crippen molar-refractivity contribution < 1.29 is 0 Å². The third-order valence-electron chi connectivity index (χ3n) is 3.85. The summed E-state index contributed by atoms with van der Waals surface area (Å²) in [6.45, 7) is 14.7. The fourth-order valence-electron chi connectivity index (χ4n) is 2.47. The summed E-state index contributed by atoms with van der Waals surface area (Å²) in [4.78, 5) is 5.62. The van der Waals surface area contributed by atoms with Gasteiger partial charge < -0.3 is 5.32 Å². The molecule has 102 valence electrons. The second-order valence-electron chi connectivity index (χ2n) is 6.63. The molecule has 1 aromatic heterocycles. The molecule has 2 nitrogen and oxygen atoms in total. The van der Waals surface area contributed by atoms with Gasteiger partial charge in [0.1, 0.15) is 0 Å². The van der Waals surface area contributed by atoms with Gasteiger partial charge >= 0.3 is 0 Å². The van der Waals surface area contributed by atoms with Crippen LogP contribution in [0.15, 0.2) is 12.1 Å². The SMILES string of the molecule is CCc1ccc(CN2CC(C)(C)NCC2(C)C)s1. The van der Waals surface area contributed by atoms with Crippen molar-refractivity contribution in [2.45, 2.75) is 58.7 Å². The molecule has 0 aliphatic carbocycles. The molecule has 0 spiro atoms. The Labute approximate surface area is 115 Å². The van der Waals surface area contributed by atoms with Gasteiger partial charge in [-0.05, 0) is 46.2 Å². The van der Waals surface area contributed by atoms with Crippen LogP contribution in [0.4, 0.5) is 0 Å². The molecule has 2 rings (SSSR count). The van der Waals surface area contributed by atoms with Gasteiger partial charge in [0.05, 0.1) is 0 Å². The van der Waals surface area contributed by atoms with E-state index in [1.54, 1.807) is 0 Å². The molecule has 0 bridgehead atoms. The van der Waals surface area contributed by atoms with Crippen molar-refractivity contribution in [1.29, 1.82) is 0 Å². The van der Waals surface area contributed by atoms with Gasteiger partial charge in [-0.15, -0.1) is 11.3 Å². The molecule has 2 heterocycles. The maximum Gasteiger partial charge on any atom is 0.0334 e. The average molecular weight is 266 g/mol. The molecule has 0 amide bonds. The Morgan fingerprint density at radius 1 is 1.22 bits per heavy atom. The van der Waals surface area contributed by atoms with E-state index in [1.165, 1.54) is 9.75 Å². The van der Waals surface area contributed by atoms with E-state index in [0.29, 0.717) is 0 Å². The fourth-order valence-corrected chi connectivity index (χ4v) is 3.44. The van der Waals surface area contributed by atoms with Gasteiger partial charge in [0.2, 0.25) is 0 Å². The van der Waals surface area contributed by atoms with E-state index in [-0.39, 0.29) is 11.1 Å². The van der Waals surface area contributed by atoms with Crippen LogP contribution in [0.2, 0.25) is 0 Å². The van der Waals surface area contributed by atoms with Crippen molar-refractivity contribution >= 4 is 11.3 Å². The lowest BCUT2D eigenvalue weighted by molar-refractivity contribution is 0.0332. The average Bonchev–Trinajstić information content (AvgIpc) is 2.72. The molecule has 1 N–H and O–H groups in total. The van der Waals surface area contributed by atoms with Crippen LogP contribution in [0.25, 0.3) is 0 Å². The van der Waals surface area contributed by atoms with Gasteiger partial charge in [0.25, 0.3) is 0 Å². The van der Waals surface area contributed by atoms with Crippen LogP contribution in [-0.2, 0) is 13.0 Å². The predicted molar refractivity (Wildman–Crippen MR) is 80.3 cm³/mol. The normalized spacial score (nSPS) is 23.2. The van der Waals surface area contributed by atoms with Crippen molar-refractivity contribution in [2.24, 2.45) is 0 Å². The number of nitrogens with one attached hydrogen (secondary N) is 1. The van der Waals surface area contributed by atoms with Crippen LogP contribution in [0, 0.1) is 0 Å². The van der Waals surface area contributed by atoms with Gasteiger partial charge in [-0.3, -0.25) is 4.90 Å². The van der Waals surface area contributed by atoms with Crippen LogP contribution < -0.4 is 5.32 Å². The van der Waals surface area contributed by atoms with Crippen molar-refractivity contribution in [3.05, 3.63) is 21.9 Å². The molecule has 0 atom stereocenters. The lowest BCUT2D eigenvalue weighted by Gasteiger charge is -2.49. The van der Waals surface area contributed by atoms with Crippen LogP contribution >= 0.6 is 11.3 Å². The van der Waals surface area contributed by atoms with E-state index < -0.39 is 0 Å². The molecule has 0 unspecified atom stereocenters. The fraction of sp³-hybridized carbons (Fsp3) is 0.733. The minimum atomic E-state index is 0.223. The molecule has 1 saturated heterocycles. The highest BCUT2D eigenvalue weighted by Gasteiger charge is 2.37. The molecule has 18 heavy (non-hydrogen) atoms. The van der Waals surface area contributed by atoms with Gasteiger partial charge in [0, 0.05) is 40.5 Å². The Morgan fingerprint density at radius 3 is 2.50 bits per heavy atom. The van der Waals surface area contributed by atoms with Crippen molar-refractivity contribution in [2.75, 3.05) is 13.1 Å². The van der Waals surface area contributed by atoms with Crippen LogP contribution in [0.5, 0.6) is 0 Å². The summed E-state index contributed by atoms with van der Waals surface area (Å²) < 4.78 is 0. The van der Waals surface area contributed by atoms with Crippen molar-refractivity contribution in [3.63, 3.8) is 0 Å². The zero-order valence-electron chi connectivity index (χ0n) is 12.3. The molecule has 1 aliphatic rings. The highest BCUT2D eigenvalue weighted by atomic mass is 32.1. The Hall–Kier alpha value is -0.380. The minimum absolute atomic E-state index is 0.223. The monoisotopic (exact) mass is 266 g/mol. The Morgan fingerprint density at radius 2 is 1.89 bits per heavy atom. The number of hydrogen-bond donors (Lipinski definition) is 1. The summed E-state index contributed by atoms with van der Waals surface area (Å²) in [5.74, 6) is 0. The number of hydrogen-bond acceptors (Lipinski definition) is 3. The second kappa shape index (κ2) is 4.95. The minimum Gasteiger partial charge on any atom is -0.309 e. The molecule has 1 fully saturated rings. The zero-order valence-corrected chi connectivity index (χ0v) is 13.2. The smallest absolute Gasteiger partial charge is 0.0334 e. The standard InChI is InChI=1S/C15H26N2S/c1-6-12-7-8-13(18-12)9-17-11-14(2,3)16-10-15(17,4)5/h7-8,16H,6,9-11H2,1-5H3. The van der Waals surface area contributed by atoms with E-state index in [9.17, 15) is 0 Å². The van der Waals surface area contributed by atoms with Gasteiger partial charge in [-0.1, -0.05) is 6.92 Å². The summed E-state index contributed by atoms with van der Waals surface area (Å²) in [5, 5.41) is 3.64. The number of aryl methyl sites for hydroxylation is 1. The predicted octanol–water partition coefficient (Wildman–Crippen LogP) is 3.27. The quantitative estimate of drug-likeness (QED) is 0.903. The first-order valence-electron chi connectivity index (χ1n) is 6.90. The largest absolute Gasteiger partial charge is 0.309 e. The van der Waals surface area contributed by atoms with Gasteiger partial charge in [-0.25, -0.2) is 0 Å². The number of thiophene rings is 1. The summed E-state index contributed by atoms with van der Waals surface area (Å²) in [6, 6.07) is 4.58. The molecule has 0 aromatic carbocycles. The molecule has 1 aromatic rings. The summed E-state index contributed by atoms with van der Waals surface area (Å²) in [6.07, 6.45) is 1.15. The molecule has 0 saturated carbocycles. The third-order valence-corrected chi connectivity index (χ3v) is 5.07. The van der Waals surface area contributed by atoms with E-state index in [4.69, 9.17) is 0 Å². The zero-order chi connectivity index (χ0) is 13.4. The highest BCUT2D eigenvalue weighted by Crippen LogP contribution is 2.27. The van der Waals surface area contributed by atoms with Crippen molar-refractivity contribution in [3.8, 4) is 0 Å². The van der Waals surface area contributed by atoms with E-state index in [1.807, 2.05) is 11.3 Å². The maximum atomic E-state index is 3.64. The lowest BCUT2D eigenvalue weighted by atomic mass is 9.91. The van der Waals surface area contributed by atoms with E-state index >= 15 is 0 Å². The van der Waals surface area contributed by atoms with Crippen LogP contribution in [-0.4, -0.2) is 29.1 Å². The summed E-state index contributed by atoms with van der Waals surface area (Å²) in [5.41, 5.74) is 0.465. The lowest BCUT2D eigenvalue weighted by Crippen LogP contribution is -2.65. The highest BCUT2D eigenvalue weighted by molar-refractivity contribution is 7.11. The molecular formula is C15H26N2S. The summed E-state index contributed by atoms with van der Waals surface area (Å²) >= 11 is 1.97. The Bertz CT molecular complexity index is 406. The number of rotatable bonds is 3. The Balaban J connectivity index is 2.10. The third kappa shape index (κ3) is 3.14. The van der Waals surface area contributed by atoms with Gasteiger partial charge in [-0.2, -0.15) is 0 Å².